The van der Waals surface area contributed by atoms with E-state index in [1.165, 1.54) is 18.4 Å². The lowest BCUT2D eigenvalue weighted by Gasteiger charge is -2.16. The van der Waals surface area contributed by atoms with Crippen LogP contribution >= 0.6 is 0 Å². The van der Waals surface area contributed by atoms with Crippen molar-refractivity contribution in [3.05, 3.63) is 29.3 Å². The summed E-state index contributed by atoms with van der Waals surface area (Å²) in [5, 5.41) is 3.52. The molecule has 0 unspecified atom stereocenters. The topological polar surface area (TPSA) is 32.3 Å². The Morgan fingerprint density at radius 3 is 2.78 bits per heavy atom. The number of carbonyl (C=O) groups excluding carboxylic acids is 1. The molecule has 1 saturated carbocycles. The van der Waals surface area contributed by atoms with Crippen molar-refractivity contribution in [3.8, 4) is 0 Å². The Hall–Kier alpha value is -1.35. The molecule has 1 aliphatic carbocycles. The number of fused-ring (bicyclic) bond motifs is 1. The van der Waals surface area contributed by atoms with Gasteiger partial charge in [0, 0.05) is 25.3 Å². The van der Waals surface area contributed by atoms with Crippen molar-refractivity contribution in [2.45, 2.75) is 44.7 Å². The lowest BCUT2D eigenvalue weighted by molar-refractivity contribution is -0.121. The molecule has 1 heterocycles. The Kier molecular flexibility index (Phi) is 2.49. The minimum atomic E-state index is -0.389. The number of anilines is 1. The third kappa shape index (κ3) is 1.74. The van der Waals surface area contributed by atoms with E-state index in [1.807, 2.05) is 20.9 Å². The Balaban J connectivity index is 1.90. The Morgan fingerprint density at radius 1 is 1.39 bits per heavy atom. The van der Waals surface area contributed by atoms with Crippen LogP contribution in [0.4, 0.5) is 5.69 Å². The van der Waals surface area contributed by atoms with Crippen LogP contribution in [-0.2, 0) is 16.8 Å². The predicted molar refractivity (Wildman–Crippen MR) is 72.7 cm³/mol. The fourth-order valence-corrected chi connectivity index (χ4v) is 2.68. The fourth-order valence-electron chi connectivity index (χ4n) is 2.68. The summed E-state index contributed by atoms with van der Waals surface area (Å²) in [6, 6.07) is 7.10. The van der Waals surface area contributed by atoms with Crippen molar-refractivity contribution >= 4 is 11.6 Å². The highest BCUT2D eigenvalue weighted by molar-refractivity contribution is 6.07. The number of nitrogens with zero attached hydrogens (tertiary/aromatic N) is 1. The van der Waals surface area contributed by atoms with Gasteiger partial charge in [-0.2, -0.15) is 0 Å². The molecule has 0 radical (unpaired) electrons. The van der Waals surface area contributed by atoms with Crippen LogP contribution < -0.4 is 10.2 Å². The molecule has 18 heavy (non-hydrogen) atoms. The van der Waals surface area contributed by atoms with E-state index < -0.39 is 0 Å². The van der Waals surface area contributed by atoms with Gasteiger partial charge in [0.05, 0.1) is 5.41 Å². The molecule has 0 saturated heterocycles. The second-order valence-electron chi connectivity index (χ2n) is 6.00. The van der Waals surface area contributed by atoms with Gasteiger partial charge in [0.25, 0.3) is 0 Å². The third-order valence-corrected chi connectivity index (χ3v) is 4.11. The largest absolute Gasteiger partial charge is 0.314 e. The van der Waals surface area contributed by atoms with Crippen molar-refractivity contribution < 1.29 is 4.79 Å². The summed E-state index contributed by atoms with van der Waals surface area (Å²) in [5.41, 5.74) is 3.10. The van der Waals surface area contributed by atoms with Gasteiger partial charge in [-0.1, -0.05) is 12.1 Å². The van der Waals surface area contributed by atoms with Crippen LogP contribution in [0.3, 0.4) is 0 Å². The highest BCUT2D eigenvalue weighted by atomic mass is 16.2. The van der Waals surface area contributed by atoms with Gasteiger partial charge in [0.15, 0.2) is 0 Å². The fraction of sp³-hybridized carbons (Fsp3) is 0.533. The summed E-state index contributed by atoms with van der Waals surface area (Å²) in [4.78, 5) is 14.0. The molecular weight excluding hydrogens is 224 g/mol. The number of rotatable bonds is 3. The van der Waals surface area contributed by atoms with E-state index in [1.54, 1.807) is 4.90 Å². The lowest BCUT2D eigenvalue weighted by atomic mass is 9.85. The maximum Gasteiger partial charge on any atom is 0.236 e. The molecule has 0 spiro atoms. The SMILES string of the molecule is CN1C(=O)C(C)(C)c2cc(CNC3CC3)ccc21. The molecule has 2 aliphatic rings. The molecule has 3 rings (SSSR count). The Morgan fingerprint density at radius 2 is 2.11 bits per heavy atom. The van der Waals surface area contributed by atoms with E-state index >= 15 is 0 Å². The molecule has 1 N–H and O–H groups in total. The van der Waals surface area contributed by atoms with E-state index in [0.29, 0.717) is 0 Å². The average Bonchev–Trinajstić information content (AvgIpc) is 3.15. The zero-order valence-electron chi connectivity index (χ0n) is 11.3. The summed E-state index contributed by atoms with van der Waals surface area (Å²) >= 11 is 0. The first-order valence-corrected chi connectivity index (χ1v) is 6.65. The van der Waals surface area contributed by atoms with Gasteiger partial charge in [-0.15, -0.1) is 0 Å². The number of nitrogens with one attached hydrogen (secondary N) is 1. The molecule has 1 aliphatic heterocycles. The van der Waals surface area contributed by atoms with Gasteiger partial charge in [0.2, 0.25) is 5.91 Å². The number of benzene rings is 1. The second kappa shape index (κ2) is 3.82. The van der Waals surface area contributed by atoms with Crippen molar-refractivity contribution in [1.29, 1.82) is 0 Å². The number of hydrogen-bond acceptors (Lipinski definition) is 2. The van der Waals surface area contributed by atoms with E-state index in [2.05, 4.69) is 23.5 Å². The first kappa shape index (κ1) is 11.7. The molecule has 0 aromatic heterocycles. The van der Waals surface area contributed by atoms with Crippen LogP contribution in [0.15, 0.2) is 18.2 Å². The average molecular weight is 244 g/mol. The first-order valence-electron chi connectivity index (χ1n) is 6.65. The Bertz CT molecular complexity index is 503. The molecule has 0 bridgehead atoms. The zero-order chi connectivity index (χ0) is 12.9. The van der Waals surface area contributed by atoms with Crippen LogP contribution in [0.25, 0.3) is 0 Å². The van der Waals surface area contributed by atoms with Gasteiger partial charge in [0.1, 0.15) is 0 Å². The van der Waals surface area contributed by atoms with E-state index in [9.17, 15) is 4.79 Å². The molecule has 1 fully saturated rings. The van der Waals surface area contributed by atoms with Crippen LogP contribution in [0.5, 0.6) is 0 Å². The maximum absolute atomic E-state index is 12.2. The monoisotopic (exact) mass is 244 g/mol. The predicted octanol–water partition coefficient (Wildman–Crippen LogP) is 2.19. The molecule has 1 aromatic rings. The zero-order valence-corrected chi connectivity index (χ0v) is 11.3. The summed E-state index contributed by atoms with van der Waals surface area (Å²) in [6.45, 7) is 4.93. The normalized spacial score (nSPS) is 21.3. The number of amides is 1. The lowest BCUT2D eigenvalue weighted by Crippen LogP contribution is -2.33. The van der Waals surface area contributed by atoms with Crippen molar-refractivity contribution in [2.75, 3.05) is 11.9 Å². The smallest absolute Gasteiger partial charge is 0.236 e. The minimum absolute atomic E-state index is 0.185. The summed E-state index contributed by atoms with van der Waals surface area (Å²) in [5.74, 6) is 0.185. The summed E-state index contributed by atoms with van der Waals surface area (Å²) in [6.07, 6.45) is 2.61. The number of likely N-dealkylation sites (N-methyl/N-ethyl adjacent to an activating group) is 1. The van der Waals surface area contributed by atoms with Gasteiger partial charge >= 0.3 is 0 Å². The molecule has 3 heteroatoms. The summed E-state index contributed by atoms with van der Waals surface area (Å²) < 4.78 is 0. The maximum atomic E-state index is 12.2. The molecule has 96 valence electrons. The highest BCUT2D eigenvalue weighted by Gasteiger charge is 2.42. The number of hydrogen-bond donors (Lipinski definition) is 1. The van der Waals surface area contributed by atoms with Crippen LogP contribution in [0, 0.1) is 0 Å². The van der Waals surface area contributed by atoms with Crippen LogP contribution in [0.2, 0.25) is 0 Å². The highest BCUT2D eigenvalue weighted by Crippen LogP contribution is 2.41. The minimum Gasteiger partial charge on any atom is -0.314 e. The molecule has 0 atom stereocenters. The quantitative estimate of drug-likeness (QED) is 0.884. The van der Waals surface area contributed by atoms with Gasteiger partial charge in [-0.25, -0.2) is 0 Å². The number of carbonyl (C=O) groups is 1. The Labute approximate surface area is 108 Å². The van der Waals surface area contributed by atoms with Crippen LogP contribution in [-0.4, -0.2) is 19.0 Å². The molecule has 1 aromatic carbocycles. The van der Waals surface area contributed by atoms with E-state index in [0.717, 1.165) is 23.8 Å². The summed E-state index contributed by atoms with van der Waals surface area (Å²) in [7, 11) is 1.86. The van der Waals surface area contributed by atoms with Crippen LogP contribution in [0.1, 0.15) is 37.8 Å². The van der Waals surface area contributed by atoms with Gasteiger partial charge in [-0.05, 0) is 43.9 Å². The van der Waals surface area contributed by atoms with Gasteiger partial charge in [-0.3, -0.25) is 4.79 Å². The molecule has 3 nitrogen and oxygen atoms in total. The van der Waals surface area contributed by atoms with E-state index in [-0.39, 0.29) is 11.3 Å². The standard InChI is InChI=1S/C15H20N2O/c1-15(2)12-8-10(9-16-11-5-6-11)4-7-13(12)17(3)14(15)18/h4,7-8,11,16H,5-6,9H2,1-3H3. The van der Waals surface area contributed by atoms with Crippen molar-refractivity contribution in [1.82, 2.24) is 5.32 Å². The van der Waals surface area contributed by atoms with E-state index in [4.69, 9.17) is 0 Å². The van der Waals surface area contributed by atoms with Gasteiger partial charge < -0.3 is 10.2 Å². The molecule has 1 amide bonds. The van der Waals surface area contributed by atoms with Crippen molar-refractivity contribution in [3.63, 3.8) is 0 Å². The first-order chi connectivity index (χ1) is 8.50. The second-order valence-corrected chi connectivity index (χ2v) is 6.00. The van der Waals surface area contributed by atoms with Crippen molar-refractivity contribution in [2.24, 2.45) is 0 Å². The molecular formula is C15H20N2O. The third-order valence-electron chi connectivity index (χ3n) is 4.11.